The molecule has 0 saturated heterocycles. The third-order valence-corrected chi connectivity index (χ3v) is 3.17. The number of hydrogen-bond donors (Lipinski definition) is 2. The summed E-state index contributed by atoms with van der Waals surface area (Å²) >= 11 is 0. The van der Waals surface area contributed by atoms with E-state index in [0.717, 1.165) is 17.7 Å². The summed E-state index contributed by atoms with van der Waals surface area (Å²) in [5.41, 5.74) is 7.19. The van der Waals surface area contributed by atoms with Gasteiger partial charge >= 0.3 is 0 Å². The van der Waals surface area contributed by atoms with E-state index in [1.165, 1.54) is 6.07 Å². The Morgan fingerprint density at radius 3 is 3.05 bits per heavy atom. The minimum Gasteiger partial charge on any atom is -0.482 e. The fraction of sp³-hybridized carbons (Fsp3) is 0.286. The Labute approximate surface area is 110 Å². The van der Waals surface area contributed by atoms with Gasteiger partial charge in [-0.15, -0.1) is 0 Å². The van der Waals surface area contributed by atoms with Gasteiger partial charge in [0.15, 0.2) is 11.9 Å². The first-order valence-electron chi connectivity index (χ1n) is 6.31. The minimum atomic E-state index is -0.220. The molecule has 0 aliphatic carbocycles. The molecule has 1 aliphatic heterocycles. The molecule has 1 unspecified atom stereocenters. The molecule has 5 heteroatoms. The maximum atomic E-state index is 11.6. The molecule has 0 spiro atoms. The number of nitrogens with two attached hydrogens (primary N) is 1. The van der Waals surface area contributed by atoms with Gasteiger partial charge in [0.1, 0.15) is 5.75 Å². The van der Waals surface area contributed by atoms with E-state index in [1.54, 1.807) is 0 Å². The molecule has 1 aliphatic rings. The van der Waals surface area contributed by atoms with Crippen molar-refractivity contribution in [2.45, 2.75) is 18.9 Å². The third-order valence-electron chi connectivity index (χ3n) is 3.17. The van der Waals surface area contributed by atoms with Crippen LogP contribution >= 0.6 is 0 Å². The second-order valence-corrected chi connectivity index (χ2v) is 4.58. The standard InChI is InChI=1S/C14H15N3O2/c15-6-5-10-8-13(18)17-14(16-10)12-7-9-3-1-2-4-11(9)19-12/h1-4,8,12H,5-7,15H2,(H,16,17,18). The number of rotatable bonds is 3. The van der Waals surface area contributed by atoms with E-state index < -0.39 is 0 Å². The molecular weight excluding hydrogens is 242 g/mol. The monoisotopic (exact) mass is 257 g/mol. The van der Waals surface area contributed by atoms with Gasteiger partial charge in [0.25, 0.3) is 5.56 Å². The first-order chi connectivity index (χ1) is 9.26. The van der Waals surface area contributed by atoms with E-state index in [1.807, 2.05) is 24.3 Å². The zero-order valence-corrected chi connectivity index (χ0v) is 10.4. The summed E-state index contributed by atoms with van der Waals surface area (Å²) in [4.78, 5) is 18.8. The van der Waals surface area contributed by atoms with Crippen LogP contribution in [0, 0.1) is 0 Å². The van der Waals surface area contributed by atoms with Crippen LogP contribution in [-0.4, -0.2) is 16.5 Å². The number of para-hydroxylation sites is 1. The largest absolute Gasteiger partial charge is 0.482 e. The molecule has 19 heavy (non-hydrogen) atoms. The quantitative estimate of drug-likeness (QED) is 0.857. The van der Waals surface area contributed by atoms with Crippen LogP contribution in [0.5, 0.6) is 5.75 Å². The number of hydrogen-bond acceptors (Lipinski definition) is 4. The van der Waals surface area contributed by atoms with Crippen molar-refractivity contribution in [3.8, 4) is 5.75 Å². The molecular formula is C14H15N3O2. The van der Waals surface area contributed by atoms with Crippen LogP contribution in [0.4, 0.5) is 0 Å². The van der Waals surface area contributed by atoms with Gasteiger partial charge in [-0.05, 0) is 18.2 Å². The number of H-pyrrole nitrogens is 1. The van der Waals surface area contributed by atoms with E-state index >= 15 is 0 Å². The van der Waals surface area contributed by atoms with Gasteiger partial charge in [-0.2, -0.15) is 0 Å². The fourth-order valence-corrected chi connectivity index (χ4v) is 2.29. The zero-order chi connectivity index (χ0) is 13.2. The summed E-state index contributed by atoms with van der Waals surface area (Å²) in [6.45, 7) is 0.474. The minimum absolute atomic E-state index is 0.159. The molecule has 0 amide bonds. The van der Waals surface area contributed by atoms with Crippen molar-refractivity contribution in [2.24, 2.45) is 5.73 Å². The second-order valence-electron chi connectivity index (χ2n) is 4.58. The highest BCUT2D eigenvalue weighted by atomic mass is 16.5. The zero-order valence-electron chi connectivity index (χ0n) is 10.4. The first-order valence-corrected chi connectivity index (χ1v) is 6.31. The number of nitrogens with zero attached hydrogens (tertiary/aromatic N) is 1. The average Bonchev–Trinajstić information content (AvgIpc) is 2.82. The van der Waals surface area contributed by atoms with Crippen LogP contribution in [0.1, 0.15) is 23.2 Å². The van der Waals surface area contributed by atoms with Gasteiger partial charge in [-0.25, -0.2) is 4.98 Å². The number of fused-ring (bicyclic) bond motifs is 1. The number of benzene rings is 1. The molecule has 2 aromatic rings. The van der Waals surface area contributed by atoms with Gasteiger partial charge in [-0.1, -0.05) is 18.2 Å². The molecule has 2 heterocycles. The fourth-order valence-electron chi connectivity index (χ4n) is 2.29. The maximum Gasteiger partial charge on any atom is 0.251 e. The lowest BCUT2D eigenvalue weighted by molar-refractivity contribution is 0.226. The smallest absolute Gasteiger partial charge is 0.251 e. The lowest BCUT2D eigenvalue weighted by atomic mass is 10.1. The van der Waals surface area contributed by atoms with E-state index in [2.05, 4.69) is 9.97 Å². The molecule has 1 aromatic heterocycles. The molecule has 3 rings (SSSR count). The van der Waals surface area contributed by atoms with Crippen molar-refractivity contribution in [3.63, 3.8) is 0 Å². The van der Waals surface area contributed by atoms with Gasteiger partial charge in [0.05, 0.1) is 0 Å². The predicted molar refractivity (Wildman–Crippen MR) is 71.1 cm³/mol. The number of nitrogens with one attached hydrogen (secondary N) is 1. The highest BCUT2D eigenvalue weighted by Gasteiger charge is 2.26. The Morgan fingerprint density at radius 1 is 1.42 bits per heavy atom. The van der Waals surface area contributed by atoms with Crippen LogP contribution in [0.25, 0.3) is 0 Å². The lowest BCUT2D eigenvalue weighted by Gasteiger charge is -2.10. The van der Waals surface area contributed by atoms with Gasteiger partial charge < -0.3 is 15.5 Å². The summed E-state index contributed by atoms with van der Waals surface area (Å²) in [5.74, 6) is 1.44. The van der Waals surface area contributed by atoms with Crippen molar-refractivity contribution >= 4 is 0 Å². The van der Waals surface area contributed by atoms with Crippen molar-refractivity contribution < 1.29 is 4.74 Å². The normalized spacial score (nSPS) is 17.0. The van der Waals surface area contributed by atoms with Gasteiger partial charge in [0, 0.05) is 24.6 Å². The highest BCUT2D eigenvalue weighted by Crippen LogP contribution is 2.34. The lowest BCUT2D eigenvalue weighted by Crippen LogP contribution is -2.19. The van der Waals surface area contributed by atoms with Crippen LogP contribution in [0.2, 0.25) is 0 Å². The topological polar surface area (TPSA) is 81.0 Å². The number of aromatic amines is 1. The van der Waals surface area contributed by atoms with Crippen LogP contribution < -0.4 is 16.0 Å². The second kappa shape index (κ2) is 4.85. The Morgan fingerprint density at radius 2 is 2.26 bits per heavy atom. The van der Waals surface area contributed by atoms with Crippen molar-refractivity contribution in [2.75, 3.05) is 6.54 Å². The van der Waals surface area contributed by atoms with Crippen LogP contribution in [-0.2, 0) is 12.8 Å². The Bertz CT molecular complexity index is 626. The number of ether oxygens (including phenoxy) is 1. The number of aromatic nitrogens is 2. The molecule has 0 bridgehead atoms. The first kappa shape index (κ1) is 11.9. The van der Waals surface area contributed by atoms with Crippen LogP contribution in [0.15, 0.2) is 35.1 Å². The third kappa shape index (κ3) is 2.37. The van der Waals surface area contributed by atoms with Crippen molar-refractivity contribution in [3.05, 3.63) is 57.8 Å². The summed E-state index contributed by atoms with van der Waals surface area (Å²) < 4.78 is 5.82. The molecule has 0 fully saturated rings. The molecule has 1 aromatic carbocycles. The Kier molecular flexibility index (Phi) is 3.05. The maximum absolute atomic E-state index is 11.6. The summed E-state index contributed by atoms with van der Waals surface area (Å²) in [5, 5.41) is 0. The Balaban J connectivity index is 1.90. The van der Waals surface area contributed by atoms with E-state index in [4.69, 9.17) is 10.5 Å². The summed E-state index contributed by atoms with van der Waals surface area (Å²) in [6, 6.07) is 9.35. The molecule has 0 saturated carbocycles. The van der Waals surface area contributed by atoms with Gasteiger partial charge in [-0.3, -0.25) is 4.79 Å². The van der Waals surface area contributed by atoms with Crippen molar-refractivity contribution in [1.29, 1.82) is 0 Å². The molecule has 3 N–H and O–H groups in total. The van der Waals surface area contributed by atoms with E-state index in [-0.39, 0.29) is 11.7 Å². The predicted octanol–water partition coefficient (Wildman–Crippen LogP) is 0.947. The Hall–Kier alpha value is -2.14. The van der Waals surface area contributed by atoms with E-state index in [9.17, 15) is 4.79 Å². The SMILES string of the molecule is NCCc1cc(=O)[nH]c(C2Cc3ccccc3O2)n1. The van der Waals surface area contributed by atoms with Gasteiger partial charge in [0.2, 0.25) is 0 Å². The van der Waals surface area contributed by atoms with Crippen molar-refractivity contribution in [1.82, 2.24) is 9.97 Å². The molecule has 0 radical (unpaired) electrons. The van der Waals surface area contributed by atoms with E-state index in [0.29, 0.717) is 24.5 Å². The van der Waals surface area contributed by atoms with Crippen LogP contribution in [0.3, 0.4) is 0 Å². The molecule has 1 atom stereocenters. The molecule has 98 valence electrons. The summed E-state index contributed by atoms with van der Waals surface area (Å²) in [7, 11) is 0. The molecule has 5 nitrogen and oxygen atoms in total. The summed E-state index contributed by atoms with van der Waals surface area (Å²) in [6.07, 6.45) is 1.10. The highest BCUT2D eigenvalue weighted by molar-refractivity contribution is 5.38. The average molecular weight is 257 g/mol.